The molecule has 0 saturated heterocycles. The first kappa shape index (κ1) is 18.9. The SMILES string of the molecule is CN1/C(=C/C=CC2Oc3c(ccc4c3CCCC4)N2C)Oc2c1ccc1c2CCCC1. The molecular weight excluding hydrogens is 384 g/mol. The Morgan fingerprint density at radius 2 is 1.45 bits per heavy atom. The Bertz CT molecular complexity index is 1100. The van der Waals surface area contributed by atoms with Gasteiger partial charge in [-0.25, -0.2) is 0 Å². The monoisotopic (exact) mass is 414 g/mol. The fourth-order valence-electron chi connectivity index (χ4n) is 5.53. The number of benzene rings is 2. The van der Waals surface area contributed by atoms with Crippen LogP contribution in [0.5, 0.6) is 11.5 Å². The van der Waals surface area contributed by atoms with Crippen LogP contribution in [0.1, 0.15) is 47.9 Å². The molecule has 0 spiro atoms. The van der Waals surface area contributed by atoms with Crippen LogP contribution >= 0.6 is 0 Å². The number of fused-ring (bicyclic) bond motifs is 6. The number of allylic oxidation sites excluding steroid dienone is 2. The maximum absolute atomic E-state index is 6.40. The summed E-state index contributed by atoms with van der Waals surface area (Å²) in [6.07, 6.45) is 15.9. The van der Waals surface area contributed by atoms with Gasteiger partial charge in [-0.3, -0.25) is 0 Å². The van der Waals surface area contributed by atoms with Crippen LogP contribution in [0.2, 0.25) is 0 Å². The van der Waals surface area contributed by atoms with Crippen LogP contribution in [0, 0.1) is 0 Å². The second-order valence-corrected chi connectivity index (χ2v) is 9.19. The molecule has 2 aliphatic heterocycles. The molecule has 4 nitrogen and oxygen atoms in total. The number of ether oxygens (including phenoxy) is 2. The van der Waals surface area contributed by atoms with Crippen molar-refractivity contribution in [3.63, 3.8) is 0 Å². The number of hydrogen-bond donors (Lipinski definition) is 0. The van der Waals surface area contributed by atoms with Gasteiger partial charge >= 0.3 is 0 Å². The lowest BCUT2D eigenvalue weighted by atomic mass is 9.90. The zero-order valence-corrected chi connectivity index (χ0v) is 18.5. The molecule has 0 radical (unpaired) electrons. The van der Waals surface area contributed by atoms with Crippen molar-refractivity contribution in [1.29, 1.82) is 0 Å². The Kier molecular flexibility index (Phi) is 4.48. The molecule has 6 rings (SSSR count). The van der Waals surface area contributed by atoms with Crippen molar-refractivity contribution in [3.8, 4) is 11.5 Å². The smallest absolute Gasteiger partial charge is 0.200 e. The maximum atomic E-state index is 6.40. The quantitative estimate of drug-likeness (QED) is 0.645. The third-order valence-corrected chi connectivity index (χ3v) is 7.33. The Morgan fingerprint density at radius 1 is 0.806 bits per heavy atom. The molecule has 0 saturated carbocycles. The third-order valence-electron chi connectivity index (χ3n) is 7.33. The van der Waals surface area contributed by atoms with E-state index in [-0.39, 0.29) is 6.23 Å². The molecule has 0 N–H and O–H groups in total. The normalized spacial score (nSPS) is 22.8. The van der Waals surface area contributed by atoms with Gasteiger partial charge in [0.15, 0.2) is 17.9 Å². The summed E-state index contributed by atoms with van der Waals surface area (Å²) < 4.78 is 12.7. The van der Waals surface area contributed by atoms with E-state index in [0.717, 1.165) is 30.2 Å². The molecule has 0 aromatic heterocycles. The standard InChI is InChI=1S/C27H30N2O2/c1-28-22-16-14-18-8-3-5-10-20(18)26(22)30-24(28)12-7-13-25-29(2)23-17-15-19-9-4-6-11-21(19)27(23)31-25/h7,12-17,24H,3-6,8-11H2,1-2H3/b12-7?,25-13-. The minimum absolute atomic E-state index is 0.0814. The Hall–Kier alpha value is -2.88. The highest BCUT2D eigenvalue weighted by atomic mass is 16.5. The minimum atomic E-state index is -0.0814. The third kappa shape index (κ3) is 3.03. The van der Waals surface area contributed by atoms with E-state index < -0.39 is 0 Å². The summed E-state index contributed by atoms with van der Waals surface area (Å²) in [4.78, 5) is 4.38. The molecule has 2 aliphatic carbocycles. The molecule has 1 atom stereocenters. The largest absolute Gasteiger partial charge is 0.464 e. The maximum Gasteiger partial charge on any atom is 0.200 e. The Morgan fingerprint density at radius 3 is 2.19 bits per heavy atom. The number of anilines is 2. The predicted octanol–water partition coefficient (Wildman–Crippen LogP) is 5.53. The lowest BCUT2D eigenvalue weighted by Gasteiger charge is -2.18. The van der Waals surface area contributed by atoms with E-state index in [9.17, 15) is 0 Å². The first-order valence-corrected chi connectivity index (χ1v) is 11.7. The summed E-state index contributed by atoms with van der Waals surface area (Å²) in [5.41, 5.74) is 8.13. The van der Waals surface area contributed by atoms with E-state index in [2.05, 4.69) is 66.4 Å². The zero-order valence-electron chi connectivity index (χ0n) is 18.5. The van der Waals surface area contributed by atoms with Gasteiger partial charge in [-0.15, -0.1) is 0 Å². The average molecular weight is 415 g/mol. The van der Waals surface area contributed by atoms with Gasteiger partial charge in [-0.2, -0.15) is 0 Å². The summed E-state index contributed by atoms with van der Waals surface area (Å²) in [7, 11) is 4.20. The number of likely N-dealkylation sites (N-methyl/N-ethyl adjacent to an activating group) is 1. The van der Waals surface area contributed by atoms with Gasteiger partial charge in [0.25, 0.3) is 0 Å². The van der Waals surface area contributed by atoms with Crippen molar-refractivity contribution in [2.75, 3.05) is 23.9 Å². The van der Waals surface area contributed by atoms with Crippen molar-refractivity contribution in [1.82, 2.24) is 0 Å². The number of rotatable bonds is 2. The van der Waals surface area contributed by atoms with Crippen LogP contribution in [0.15, 0.2) is 48.4 Å². The number of aryl methyl sites for hydroxylation is 2. The minimum Gasteiger partial charge on any atom is -0.464 e. The lowest BCUT2D eigenvalue weighted by Crippen LogP contribution is -2.28. The van der Waals surface area contributed by atoms with E-state index in [1.165, 1.54) is 72.2 Å². The van der Waals surface area contributed by atoms with Crippen LogP contribution in [-0.2, 0) is 25.7 Å². The second-order valence-electron chi connectivity index (χ2n) is 9.19. The van der Waals surface area contributed by atoms with Gasteiger partial charge in [0.05, 0.1) is 11.4 Å². The van der Waals surface area contributed by atoms with Gasteiger partial charge in [0.1, 0.15) is 5.75 Å². The summed E-state index contributed by atoms with van der Waals surface area (Å²) in [5.74, 6) is 3.03. The first-order valence-electron chi connectivity index (χ1n) is 11.7. The van der Waals surface area contributed by atoms with Gasteiger partial charge in [0, 0.05) is 19.7 Å². The highest BCUT2D eigenvalue weighted by molar-refractivity contribution is 5.71. The molecule has 0 amide bonds. The predicted molar refractivity (Wildman–Crippen MR) is 125 cm³/mol. The molecular formula is C27H30N2O2. The highest BCUT2D eigenvalue weighted by Gasteiger charge is 2.31. The van der Waals surface area contributed by atoms with E-state index in [1.54, 1.807) is 0 Å². The van der Waals surface area contributed by atoms with Crippen LogP contribution in [0.3, 0.4) is 0 Å². The topological polar surface area (TPSA) is 24.9 Å². The molecule has 2 heterocycles. The molecule has 2 aromatic rings. The van der Waals surface area contributed by atoms with Gasteiger partial charge in [-0.05, 0) is 92.3 Å². The summed E-state index contributed by atoms with van der Waals surface area (Å²) >= 11 is 0. The van der Waals surface area contributed by atoms with E-state index in [4.69, 9.17) is 9.47 Å². The molecule has 160 valence electrons. The van der Waals surface area contributed by atoms with E-state index in [1.807, 2.05) is 0 Å². The van der Waals surface area contributed by atoms with Crippen molar-refractivity contribution >= 4 is 11.4 Å². The Labute approximate surface area is 184 Å². The summed E-state index contributed by atoms with van der Waals surface area (Å²) in [5, 5.41) is 0. The first-order chi connectivity index (χ1) is 15.2. The highest BCUT2D eigenvalue weighted by Crippen LogP contribution is 2.45. The fourth-order valence-corrected chi connectivity index (χ4v) is 5.53. The van der Waals surface area contributed by atoms with Crippen LogP contribution in [-0.4, -0.2) is 20.3 Å². The molecule has 1 unspecified atom stereocenters. The van der Waals surface area contributed by atoms with E-state index in [0.29, 0.717) is 0 Å². The van der Waals surface area contributed by atoms with Gasteiger partial charge < -0.3 is 19.3 Å². The summed E-state index contributed by atoms with van der Waals surface area (Å²) in [6, 6.07) is 9.00. The molecule has 0 bridgehead atoms. The Balaban J connectivity index is 1.22. The van der Waals surface area contributed by atoms with Gasteiger partial charge in [-0.1, -0.05) is 18.2 Å². The van der Waals surface area contributed by atoms with E-state index >= 15 is 0 Å². The van der Waals surface area contributed by atoms with Crippen LogP contribution in [0.25, 0.3) is 0 Å². The lowest BCUT2D eigenvalue weighted by molar-refractivity contribution is 0.276. The van der Waals surface area contributed by atoms with Crippen molar-refractivity contribution in [2.45, 2.75) is 57.6 Å². The average Bonchev–Trinajstić information content (AvgIpc) is 3.31. The fraction of sp³-hybridized carbons (Fsp3) is 0.407. The number of hydrogen-bond acceptors (Lipinski definition) is 4. The number of nitrogens with zero attached hydrogens (tertiary/aromatic N) is 2. The molecule has 4 heteroatoms. The van der Waals surface area contributed by atoms with Crippen molar-refractivity contribution in [3.05, 3.63) is 70.6 Å². The molecule has 4 aliphatic rings. The van der Waals surface area contributed by atoms with Crippen LogP contribution < -0.4 is 19.3 Å². The summed E-state index contributed by atoms with van der Waals surface area (Å²) in [6.45, 7) is 0. The van der Waals surface area contributed by atoms with Gasteiger partial charge in [0.2, 0.25) is 0 Å². The zero-order chi connectivity index (χ0) is 20.9. The molecule has 31 heavy (non-hydrogen) atoms. The molecule has 2 aromatic carbocycles. The second kappa shape index (κ2) is 7.37. The van der Waals surface area contributed by atoms with Crippen LogP contribution in [0.4, 0.5) is 11.4 Å². The van der Waals surface area contributed by atoms with Crippen molar-refractivity contribution < 1.29 is 9.47 Å². The van der Waals surface area contributed by atoms with Crippen molar-refractivity contribution in [2.24, 2.45) is 0 Å². The molecule has 0 fully saturated rings.